The van der Waals surface area contributed by atoms with Gasteiger partial charge in [-0.15, -0.1) is 0 Å². The Morgan fingerprint density at radius 3 is 1.52 bits per heavy atom. The Morgan fingerprint density at radius 1 is 0.630 bits per heavy atom. The highest BCUT2D eigenvalue weighted by molar-refractivity contribution is 5.99. The lowest BCUT2D eigenvalue weighted by molar-refractivity contribution is -0.174. The molecule has 0 rings (SSSR count). The van der Waals surface area contributed by atoms with Gasteiger partial charge in [0.05, 0.1) is 13.2 Å². The Bertz CT molecular complexity index is 377. The molecule has 0 radical (unpaired) electrons. The van der Waals surface area contributed by atoms with Crippen LogP contribution in [0.3, 0.4) is 0 Å². The molecule has 0 saturated heterocycles. The number of methoxy groups -OCH3 is 1. The fourth-order valence-corrected chi connectivity index (χ4v) is 3.16. The molecule has 0 aromatic carbocycles. The number of unbranched alkanes of at least 4 members (excludes halogenated alkanes) is 9. The zero-order valence-corrected chi connectivity index (χ0v) is 18.1. The number of rotatable bonds is 18. The van der Waals surface area contributed by atoms with Crippen molar-refractivity contribution in [1.29, 1.82) is 0 Å². The Labute approximate surface area is 166 Å². The first kappa shape index (κ1) is 25.9. The summed E-state index contributed by atoms with van der Waals surface area (Å²) in [4.78, 5) is 24.9. The van der Waals surface area contributed by atoms with Crippen LogP contribution in [0.25, 0.3) is 0 Å². The van der Waals surface area contributed by atoms with Gasteiger partial charge in [-0.1, -0.05) is 78.6 Å². The highest BCUT2D eigenvalue weighted by Crippen LogP contribution is 2.30. The molecular formula is C22H42O5. The van der Waals surface area contributed by atoms with E-state index in [1.807, 2.05) is 13.8 Å². The average Bonchev–Trinajstić information content (AvgIpc) is 2.67. The molecule has 0 heterocycles. The quantitative estimate of drug-likeness (QED) is 0.178. The standard InChI is InChI=1S/C22H42O5/c1-5-8-9-10-11-12-13-14-15-16-17-26-20(23)22(6-2,7-3)21(24)27-19-18-25-4/h5-19H2,1-4H3. The second-order valence-electron chi connectivity index (χ2n) is 7.24. The van der Waals surface area contributed by atoms with Crippen molar-refractivity contribution in [2.45, 2.75) is 97.8 Å². The number of carbonyl (C=O) groups excluding carboxylic acids is 2. The van der Waals surface area contributed by atoms with E-state index in [0.29, 0.717) is 26.1 Å². The van der Waals surface area contributed by atoms with Crippen molar-refractivity contribution in [3.63, 3.8) is 0 Å². The monoisotopic (exact) mass is 386 g/mol. The van der Waals surface area contributed by atoms with Gasteiger partial charge in [-0.2, -0.15) is 0 Å². The molecule has 0 unspecified atom stereocenters. The van der Waals surface area contributed by atoms with Crippen molar-refractivity contribution in [3.05, 3.63) is 0 Å². The third-order valence-corrected chi connectivity index (χ3v) is 5.24. The van der Waals surface area contributed by atoms with Gasteiger partial charge in [-0.25, -0.2) is 0 Å². The minimum Gasteiger partial charge on any atom is -0.465 e. The zero-order chi connectivity index (χ0) is 20.4. The van der Waals surface area contributed by atoms with Crippen LogP contribution in [0.4, 0.5) is 0 Å². The van der Waals surface area contributed by atoms with Gasteiger partial charge < -0.3 is 14.2 Å². The Kier molecular flexibility index (Phi) is 16.3. The van der Waals surface area contributed by atoms with Crippen LogP contribution in [0.1, 0.15) is 97.8 Å². The smallest absolute Gasteiger partial charge is 0.323 e. The highest BCUT2D eigenvalue weighted by Gasteiger charge is 2.45. The molecule has 0 aliphatic carbocycles. The molecule has 0 aromatic rings. The van der Waals surface area contributed by atoms with E-state index in [9.17, 15) is 9.59 Å². The first-order valence-electron chi connectivity index (χ1n) is 10.9. The zero-order valence-electron chi connectivity index (χ0n) is 18.1. The maximum absolute atomic E-state index is 12.5. The number of hydrogen-bond donors (Lipinski definition) is 0. The summed E-state index contributed by atoms with van der Waals surface area (Å²) in [5, 5.41) is 0. The molecule has 0 amide bonds. The second kappa shape index (κ2) is 17.0. The van der Waals surface area contributed by atoms with Crippen molar-refractivity contribution < 1.29 is 23.8 Å². The molecule has 0 saturated carbocycles. The van der Waals surface area contributed by atoms with Crippen molar-refractivity contribution in [3.8, 4) is 0 Å². The van der Waals surface area contributed by atoms with E-state index in [-0.39, 0.29) is 6.61 Å². The number of esters is 2. The SMILES string of the molecule is CCCCCCCCCCCCOC(=O)C(CC)(CC)C(=O)OCCOC. The minimum atomic E-state index is -1.19. The van der Waals surface area contributed by atoms with Crippen LogP contribution in [0.5, 0.6) is 0 Å². The molecular weight excluding hydrogens is 344 g/mol. The van der Waals surface area contributed by atoms with Gasteiger partial charge in [-0.3, -0.25) is 9.59 Å². The summed E-state index contributed by atoms with van der Waals surface area (Å²) in [5.41, 5.74) is -1.19. The van der Waals surface area contributed by atoms with Gasteiger partial charge in [0.2, 0.25) is 0 Å². The average molecular weight is 387 g/mol. The number of hydrogen-bond acceptors (Lipinski definition) is 5. The first-order chi connectivity index (χ1) is 13.1. The third kappa shape index (κ3) is 10.7. The number of carbonyl (C=O) groups is 2. The highest BCUT2D eigenvalue weighted by atomic mass is 16.6. The van der Waals surface area contributed by atoms with Crippen molar-refractivity contribution in [2.24, 2.45) is 5.41 Å². The van der Waals surface area contributed by atoms with Crippen molar-refractivity contribution >= 4 is 11.9 Å². The van der Waals surface area contributed by atoms with Gasteiger partial charge in [0, 0.05) is 7.11 Å². The van der Waals surface area contributed by atoms with E-state index in [0.717, 1.165) is 12.8 Å². The van der Waals surface area contributed by atoms with Gasteiger partial charge in [0.25, 0.3) is 0 Å². The van der Waals surface area contributed by atoms with E-state index in [4.69, 9.17) is 14.2 Å². The van der Waals surface area contributed by atoms with E-state index in [1.165, 1.54) is 51.4 Å². The Balaban J connectivity index is 3.99. The van der Waals surface area contributed by atoms with Crippen LogP contribution < -0.4 is 0 Å². The van der Waals surface area contributed by atoms with E-state index in [1.54, 1.807) is 7.11 Å². The van der Waals surface area contributed by atoms with Gasteiger partial charge in [0.15, 0.2) is 5.41 Å². The van der Waals surface area contributed by atoms with Crippen LogP contribution in [-0.4, -0.2) is 38.9 Å². The fourth-order valence-electron chi connectivity index (χ4n) is 3.16. The van der Waals surface area contributed by atoms with Gasteiger partial charge in [-0.05, 0) is 19.3 Å². The maximum atomic E-state index is 12.5. The molecule has 0 spiro atoms. The van der Waals surface area contributed by atoms with Gasteiger partial charge in [0.1, 0.15) is 6.61 Å². The predicted octanol–water partition coefficient (Wildman–Crippen LogP) is 5.45. The summed E-state index contributed by atoms with van der Waals surface area (Å²) < 4.78 is 15.5. The molecule has 0 fully saturated rings. The topological polar surface area (TPSA) is 61.8 Å². The summed E-state index contributed by atoms with van der Waals surface area (Å²) >= 11 is 0. The number of ether oxygens (including phenoxy) is 3. The van der Waals surface area contributed by atoms with E-state index in [2.05, 4.69) is 6.92 Å². The van der Waals surface area contributed by atoms with E-state index < -0.39 is 17.4 Å². The molecule has 0 aliphatic rings. The summed E-state index contributed by atoms with van der Waals surface area (Å²) in [6.07, 6.45) is 13.1. The molecule has 0 atom stereocenters. The largest absolute Gasteiger partial charge is 0.465 e. The lowest BCUT2D eigenvalue weighted by Crippen LogP contribution is -2.41. The maximum Gasteiger partial charge on any atom is 0.323 e. The second-order valence-corrected chi connectivity index (χ2v) is 7.24. The summed E-state index contributed by atoms with van der Waals surface area (Å²) in [7, 11) is 1.54. The molecule has 160 valence electrons. The molecule has 27 heavy (non-hydrogen) atoms. The molecule has 0 aromatic heterocycles. The molecule has 5 heteroatoms. The first-order valence-corrected chi connectivity index (χ1v) is 10.9. The van der Waals surface area contributed by atoms with Crippen molar-refractivity contribution in [2.75, 3.05) is 26.9 Å². The lowest BCUT2D eigenvalue weighted by atomic mass is 9.82. The van der Waals surface area contributed by atoms with Crippen LogP contribution in [0.15, 0.2) is 0 Å². The molecule has 0 N–H and O–H groups in total. The molecule has 5 nitrogen and oxygen atoms in total. The van der Waals surface area contributed by atoms with Gasteiger partial charge >= 0.3 is 11.9 Å². The minimum absolute atomic E-state index is 0.156. The van der Waals surface area contributed by atoms with Crippen LogP contribution in [0, 0.1) is 5.41 Å². The van der Waals surface area contributed by atoms with Crippen LogP contribution in [0.2, 0.25) is 0 Å². The Hall–Kier alpha value is -1.10. The lowest BCUT2D eigenvalue weighted by Gasteiger charge is -2.26. The van der Waals surface area contributed by atoms with Crippen molar-refractivity contribution in [1.82, 2.24) is 0 Å². The van der Waals surface area contributed by atoms with Crippen LogP contribution >= 0.6 is 0 Å². The summed E-state index contributed by atoms with van der Waals surface area (Å²) in [5.74, 6) is -0.955. The molecule has 0 aliphatic heterocycles. The third-order valence-electron chi connectivity index (χ3n) is 5.24. The predicted molar refractivity (Wildman–Crippen MR) is 109 cm³/mol. The Morgan fingerprint density at radius 2 is 1.07 bits per heavy atom. The fraction of sp³-hybridized carbons (Fsp3) is 0.909. The summed E-state index contributed by atoms with van der Waals surface area (Å²) in [6, 6.07) is 0. The summed E-state index contributed by atoms with van der Waals surface area (Å²) in [6.45, 7) is 6.74. The normalized spacial score (nSPS) is 11.4. The van der Waals surface area contributed by atoms with Crippen LogP contribution in [-0.2, 0) is 23.8 Å². The van der Waals surface area contributed by atoms with E-state index >= 15 is 0 Å². The molecule has 0 bridgehead atoms.